The molecule has 0 heterocycles. The van der Waals surface area contributed by atoms with Gasteiger partial charge < -0.3 is 10.4 Å². The molecule has 0 aliphatic carbocycles. The van der Waals surface area contributed by atoms with Gasteiger partial charge in [-0.2, -0.15) is 0 Å². The van der Waals surface area contributed by atoms with Gasteiger partial charge in [-0.05, 0) is 31.2 Å². The number of carbonyl (C=O) groups excluding carboxylic acids is 1. The molecule has 1 aromatic rings. The highest BCUT2D eigenvalue weighted by Gasteiger charge is 2.18. The molecule has 0 aromatic heterocycles. The average molecular weight is 314 g/mol. The van der Waals surface area contributed by atoms with Gasteiger partial charge in [0.05, 0.1) is 11.3 Å². The lowest BCUT2D eigenvalue weighted by atomic mass is 10.2. The smallest absolute Gasteiger partial charge is 0.305 e. The summed E-state index contributed by atoms with van der Waals surface area (Å²) in [5, 5.41) is 11.2. The Kier molecular flexibility index (Phi) is 5.45. The van der Waals surface area contributed by atoms with Gasteiger partial charge in [-0.25, -0.2) is 12.7 Å². The summed E-state index contributed by atoms with van der Waals surface area (Å²) >= 11 is 0. The van der Waals surface area contributed by atoms with Crippen molar-refractivity contribution in [3.05, 3.63) is 29.8 Å². The number of aliphatic carboxylic acids is 1. The van der Waals surface area contributed by atoms with Crippen LogP contribution in [0.4, 0.5) is 0 Å². The lowest BCUT2D eigenvalue weighted by Crippen LogP contribution is -2.34. The second-order valence-electron chi connectivity index (χ2n) is 4.78. The number of hydrogen-bond donors (Lipinski definition) is 2. The SMILES string of the molecule is CC(CC(=O)O)NC(=O)c1ccc(S(=O)(=O)N(C)C)cc1. The molecule has 8 heteroatoms. The molecular formula is C13H18N2O5S. The van der Waals surface area contributed by atoms with Gasteiger partial charge in [-0.3, -0.25) is 9.59 Å². The van der Waals surface area contributed by atoms with Crippen molar-refractivity contribution in [1.29, 1.82) is 0 Å². The third kappa shape index (κ3) is 4.54. The Morgan fingerprint density at radius 2 is 1.76 bits per heavy atom. The van der Waals surface area contributed by atoms with Crippen molar-refractivity contribution in [2.75, 3.05) is 14.1 Å². The van der Waals surface area contributed by atoms with Gasteiger partial charge >= 0.3 is 5.97 Å². The molecule has 1 rings (SSSR count). The van der Waals surface area contributed by atoms with Crippen LogP contribution in [0.2, 0.25) is 0 Å². The van der Waals surface area contributed by atoms with Crippen LogP contribution in [0.5, 0.6) is 0 Å². The summed E-state index contributed by atoms with van der Waals surface area (Å²) in [7, 11) is -0.694. The summed E-state index contributed by atoms with van der Waals surface area (Å²) < 4.78 is 24.8. The highest BCUT2D eigenvalue weighted by Crippen LogP contribution is 2.14. The standard InChI is InChI=1S/C13H18N2O5S/c1-9(8-12(16)17)14-13(18)10-4-6-11(7-5-10)21(19,20)15(2)3/h4-7,9H,8H2,1-3H3,(H,14,18)(H,16,17). The molecule has 0 fully saturated rings. The lowest BCUT2D eigenvalue weighted by Gasteiger charge is -2.13. The van der Waals surface area contributed by atoms with Gasteiger partial charge in [0.25, 0.3) is 5.91 Å². The number of nitrogens with one attached hydrogen (secondary N) is 1. The van der Waals surface area contributed by atoms with Gasteiger partial charge in [-0.15, -0.1) is 0 Å². The Bertz CT molecular complexity index is 622. The van der Waals surface area contributed by atoms with Crippen LogP contribution in [-0.4, -0.2) is 49.8 Å². The van der Waals surface area contributed by atoms with Crippen LogP contribution in [0.15, 0.2) is 29.2 Å². The van der Waals surface area contributed by atoms with E-state index in [0.29, 0.717) is 0 Å². The highest BCUT2D eigenvalue weighted by molar-refractivity contribution is 7.89. The number of carboxylic acids is 1. The largest absolute Gasteiger partial charge is 0.481 e. The van der Waals surface area contributed by atoms with Crippen molar-refractivity contribution in [3.63, 3.8) is 0 Å². The van der Waals surface area contributed by atoms with E-state index in [4.69, 9.17) is 5.11 Å². The topological polar surface area (TPSA) is 104 Å². The molecule has 1 amide bonds. The van der Waals surface area contributed by atoms with Crippen LogP contribution < -0.4 is 5.32 Å². The molecule has 116 valence electrons. The number of hydrogen-bond acceptors (Lipinski definition) is 4. The first-order valence-electron chi connectivity index (χ1n) is 6.20. The van der Waals surface area contributed by atoms with Gasteiger partial charge in [0, 0.05) is 25.7 Å². The number of rotatable bonds is 6. The van der Waals surface area contributed by atoms with Gasteiger partial charge in [0.1, 0.15) is 0 Å². The maximum absolute atomic E-state index is 11.9. The predicted molar refractivity (Wildman–Crippen MR) is 76.5 cm³/mol. The van der Waals surface area contributed by atoms with E-state index in [9.17, 15) is 18.0 Å². The van der Waals surface area contributed by atoms with E-state index >= 15 is 0 Å². The van der Waals surface area contributed by atoms with Crippen LogP contribution in [0.3, 0.4) is 0 Å². The molecule has 1 unspecified atom stereocenters. The first kappa shape index (κ1) is 17.1. The van der Waals surface area contributed by atoms with E-state index in [1.165, 1.54) is 38.4 Å². The van der Waals surface area contributed by atoms with Crippen LogP contribution in [0, 0.1) is 0 Å². The molecule has 0 aliphatic rings. The van der Waals surface area contributed by atoms with Crippen molar-refractivity contribution in [3.8, 4) is 0 Å². The monoisotopic (exact) mass is 314 g/mol. The minimum atomic E-state index is -3.53. The summed E-state index contributed by atoms with van der Waals surface area (Å²) in [4.78, 5) is 22.5. The molecule has 2 N–H and O–H groups in total. The Balaban J connectivity index is 2.83. The van der Waals surface area contributed by atoms with Gasteiger partial charge in [0.2, 0.25) is 10.0 Å². The summed E-state index contributed by atoms with van der Waals surface area (Å²) in [6, 6.07) is 4.94. The molecule has 0 saturated heterocycles. The quantitative estimate of drug-likeness (QED) is 0.797. The fourth-order valence-electron chi connectivity index (χ4n) is 1.61. The molecule has 0 spiro atoms. The molecule has 21 heavy (non-hydrogen) atoms. The molecule has 1 aromatic carbocycles. The highest BCUT2D eigenvalue weighted by atomic mass is 32.2. The zero-order valence-electron chi connectivity index (χ0n) is 12.0. The number of carboxylic acid groups (broad SMARTS) is 1. The molecule has 1 atom stereocenters. The van der Waals surface area contributed by atoms with Crippen LogP contribution in [0.1, 0.15) is 23.7 Å². The fraction of sp³-hybridized carbons (Fsp3) is 0.385. The van der Waals surface area contributed by atoms with Crippen LogP contribution in [0.25, 0.3) is 0 Å². The fourth-order valence-corrected chi connectivity index (χ4v) is 2.51. The summed E-state index contributed by atoms with van der Waals surface area (Å²) in [5.74, 6) is -1.45. The zero-order valence-corrected chi connectivity index (χ0v) is 12.8. The Morgan fingerprint density at radius 3 is 2.19 bits per heavy atom. The van der Waals surface area contributed by atoms with Gasteiger partial charge in [-0.1, -0.05) is 0 Å². The van der Waals surface area contributed by atoms with E-state index in [1.54, 1.807) is 6.92 Å². The van der Waals surface area contributed by atoms with E-state index in [0.717, 1.165) is 4.31 Å². The minimum absolute atomic E-state index is 0.0858. The van der Waals surface area contributed by atoms with Crippen molar-refractivity contribution < 1.29 is 23.1 Å². The second-order valence-corrected chi connectivity index (χ2v) is 6.94. The predicted octanol–water partition coefficient (Wildman–Crippen LogP) is 0.530. The maximum Gasteiger partial charge on any atom is 0.305 e. The number of sulfonamides is 1. The minimum Gasteiger partial charge on any atom is -0.481 e. The van der Waals surface area contributed by atoms with E-state index in [1.807, 2.05) is 0 Å². The maximum atomic E-state index is 11.9. The summed E-state index contributed by atoms with van der Waals surface area (Å²) in [6.07, 6.45) is -0.182. The number of benzene rings is 1. The molecule has 0 aliphatic heterocycles. The zero-order chi connectivity index (χ0) is 16.2. The molecule has 0 bridgehead atoms. The lowest BCUT2D eigenvalue weighted by molar-refractivity contribution is -0.137. The molecular weight excluding hydrogens is 296 g/mol. The Hall–Kier alpha value is -1.93. The molecule has 0 radical (unpaired) electrons. The average Bonchev–Trinajstić information content (AvgIpc) is 2.37. The molecule has 7 nitrogen and oxygen atoms in total. The molecule has 0 saturated carbocycles. The number of nitrogens with zero attached hydrogens (tertiary/aromatic N) is 1. The van der Waals surface area contributed by atoms with Crippen molar-refractivity contribution in [2.24, 2.45) is 0 Å². The second kappa shape index (κ2) is 6.68. The van der Waals surface area contributed by atoms with Crippen LogP contribution in [-0.2, 0) is 14.8 Å². The summed E-state index contributed by atoms with van der Waals surface area (Å²) in [6.45, 7) is 1.58. The summed E-state index contributed by atoms with van der Waals surface area (Å²) in [5.41, 5.74) is 0.268. The Labute approximate surface area is 123 Å². The van der Waals surface area contributed by atoms with Crippen molar-refractivity contribution in [2.45, 2.75) is 24.3 Å². The third-order valence-corrected chi connectivity index (χ3v) is 4.58. The first-order chi connectivity index (χ1) is 9.64. The Morgan fingerprint density at radius 1 is 1.24 bits per heavy atom. The number of amides is 1. The van der Waals surface area contributed by atoms with E-state index < -0.39 is 27.9 Å². The third-order valence-electron chi connectivity index (χ3n) is 2.75. The number of carbonyl (C=O) groups is 2. The first-order valence-corrected chi connectivity index (χ1v) is 7.64. The van der Waals surface area contributed by atoms with E-state index in [-0.39, 0.29) is 16.9 Å². The van der Waals surface area contributed by atoms with Crippen LogP contribution >= 0.6 is 0 Å². The van der Waals surface area contributed by atoms with Crippen molar-refractivity contribution >= 4 is 21.9 Å². The van der Waals surface area contributed by atoms with Crippen molar-refractivity contribution in [1.82, 2.24) is 9.62 Å². The van der Waals surface area contributed by atoms with Gasteiger partial charge in [0.15, 0.2) is 0 Å². The van der Waals surface area contributed by atoms with E-state index in [2.05, 4.69) is 5.32 Å². The normalized spacial score (nSPS) is 13.0.